The van der Waals surface area contributed by atoms with Gasteiger partial charge in [0, 0.05) is 31.1 Å². The van der Waals surface area contributed by atoms with Crippen LogP contribution in [0.15, 0.2) is 43.0 Å². The molecule has 0 spiro atoms. The summed E-state index contributed by atoms with van der Waals surface area (Å²) >= 11 is 0. The first-order valence-corrected chi connectivity index (χ1v) is 6.69. The smallest absolute Gasteiger partial charge is 0.338 e. The Morgan fingerprint density at radius 2 is 2.24 bits per heavy atom. The molecule has 0 amide bonds. The van der Waals surface area contributed by atoms with Crippen LogP contribution in [-0.2, 0) is 14.2 Å². The van der Waals surface area contributed by atoms with Crippen molar-refractivity contribution in [1.29, 1.82) is 0 Å². The minimum atomic E-state index is -0.642. The molecule has 110 valence electrons. The van der Waals surface area contributed by atoms with Crippen LogP contribution in [0.4, 0.5) is 0 Å². The summed E-state index contributed by atoms with van der Waals surface area (Å²) in [6.45, 7) is 7.90. The Labute approximate surface area is 148 Å². The molecule has 2 saturated heterocycles. The van der Waals surface area contributed by atoms with Crippen LogP contribution in [-0.4, -0.2) is 30.4 Å². The number of ether oxygens (including phenoxy) is 3. The van der Waals surface area contributed by atoms with Gasteiger partial charge in [-0.2, -0.15) is 6.61 Å². The summed E-state index contributed by atoms with van der Waals surface area (Å²) in [5.74, 6) is -0.245. The van der Waals surface area contributed by atoms with Crippen LogP contribution in [0.5, 0.6) is 0 Å². The zero-order valence-electron chi connectivity index (χ0n) is 11.8. The summed E-state index contributed by atoms with van der Waals surface area (Å²) in [6.07, 6.45) is 1.05. The molecular weight excluding hydrogens is 494 g/mol. The zero-order valence-corrected chi connectivity index (χ0v) is 16.0. The quantitative estimate of drug-likeness (QED) is 0.354. The van der Waals surface area contributed by atoms with Crippen LogP contribution in [0.2, 0.25) is 0 Å². The van der Waals surface area contributed by atoms with E-state index in [0.717, 1.165) is 0 Å². The third kappa shape index (κ3) is 2.85. The van der Waals surface area contributed by atoms with Crippen LogP contribution in [0.1, 0.15) is 17.3 Å². The van der Waals surface area contributed by atoms with E-state index < -0.39 is 11.7 Å². The third-order valence-corrected chi connectivity index (χ3v) is 4.13. The molecule has 2 heterocycles. The van der Waals surface area contributed by atoms with Crippen LogP contribution >= 0.6 is 0 Å². The minimum absolute atomic E-state index is 0. The van der Waals surface area contributed by atoms with Gasteiger partial charge < -0.3 is 14.2 Å². The topological polar surface area (TPSA) is 44.8 Å². The van der Waals surface area contributed by atoms with Crippen molar-refractivity contribution in [1.82, 2.24) is 0 Å². The van der Waals surface area contributed by atoms with Gasteiger partial charge in [0.25, 0.3) is 0 Å². The van der Waals surface area contributed by atoms with E-state index in [9.17, 15) is 4.79 Å². The van der Waals surface area contributed by atoms with E-state index >= 15 is 0 Å². The summed E-state index contributed by atoms with van der Waals surface area (Å²) in [6, 6.07) is 8.90. The minimum Gasteiger partial charge on any atom is -0.540 e. The van der Waals surface area contributed by atoms with E-state index in [0.29, 0.717) is 12.2 Å². The van der Waals surface area contributed by atoms with Gasteiger partial charge in [0.1, 0.15) is 11.7 Å². The third-order valence-electron chi connectivity index (χ3n) is 4.13. The molecule has 1 aromatic carbocycles. The maximum absolute atomic E-state index is 12.2. The molecule has 0 unspecified atom stereocenters. The molecule has 2 bridgehead atoms. The molecular formula is C16H17O4U-. The maximum atomic E-state index is 12.2. The molecule has 4 atom stereocenters. The van der Waals surface area contributed by atoms with Crippen molar-refractivity contribution in [2.75, 3.05) is 6.61 Å². The number of rotatable bonds is 4. The van der Waals surface area contributed by atoms with E-state index in [2.05, 4.69) is 6.58 Å². The Morgan fingerprint density at radius 1 is 1.52 bits per heavy atom. The molecule has 4 nitrogen and oxygen atoms in total. The Kier molecular flexibility index (Phi) is 5.32. The number of fused-ring (bicyclic) bond motifs is 2. The zero-order chi connectivity index (χ0) is 14.2. The molecule has 0 saturated carbocycles. The van der Waals surface area contributed by atoms with Crippen molar-refractivity contribution < 1.29 is 50.1 Å². The standard InChI is InChI=1S/C16H17O4.U/c1-3-14(16-10-18-13(9-19-16)11(16)2)20-15(17)12-7-5-4-6-8-12;/h3-9,11,13-14H,1,10H2,2H3;/q-1;/t11-,13-,14-,16-;/m0./s1. The van der Waals surface area contributed by atoms with Gasteiger partial charge >= 0.3 is 5.97 Å². The first-order chi connectivity index (χ1) is 9.67. The SMILES string of the molecule is C=C[C@H](OC(=O)c1ccccc1)[C@@]12CO[C@@H]([CH-]O1)[C@@H]2C.[U]. The second-order valence-corrected chi connectivity index (χ2v) is 5.20. The Morgan fingerprint density at radius 3 is 2.71 bits per heavy atom. The number of hydrogen-bond donors (Lipinski definition) is 0. The Hall–Kier alpha value is -0.598. The summed E-state index contributed by atoms with van der Waals surface area (Å²) in [4.78, 5) is 12.2. The van der Waals surface area contributed by atoms with Crippen molar-refractivity contribution in [3.8, 4) is 0 Å². The second kappa shape index (κ2) is 6.66. The van der Waals surface area contributed by atoms with Crippen LogP contribution < -0.4 is 0 Å². The number of hydrogen-bond acceptors (Lipinski definition) is 4. The fraction of sp³-hybridized carbons (Fsp3) is 0.375. The van der Waals surface area contributed by atoms with E-state index in [1.54, 1.807) is 36.9 Å². The first-order valence-electron chi connectivity index (χ1n) is 6.69. The number of carbonyl (C=O) groups excluding carboxylic acids is 1. The van der Waals surface area contributed by atoms with Gasteiger partial charge in [0.15, 0.2) is 0 Å². The first kappa shape index (κ1) is 16.8. The Bertz CT molecular complexity index is 508. The van der Waals surface area contributed by atoms with Crippen LogP contribution in [0, 0.1) is 43.6 Å². The predicted molar refractivity (Wildman–Crippen MR) is 72.9 cm³/mol. The van der Waals surface area contributed by atoms with Crippen LogP contribution in [0.25, 0.3) is 0 Å². The van der Waals surface area contributed by atoms with Gasteiger partial charge in [-0.1, -0.05) is 31.7 Å². The average molecular weight is 511 g/mol. The van der Waals surface area contributed by atoms with Crippen LogP contribution in [0.3, 0.4) is 0 Å². The normalized spacial score (nSPS) is 31.3. The van der Waals surface area contributed by atoms with Crippen molar-refractivity contribution in [3.63, 3.8) is 0 Å². The van der Waals surface area contributed by atoms with Crippen molar-refractivity contribution in [2.45, 2.75) is 24.7 Å². The maximum Gasteiger partial charge on any atom is 0.338 e. The van der Waals surface area contributed by atoms with Gasteiger partial charge in [0.2, 0.25) is 0 Å². The molecule has 21 heavy (non-hydrogen) atoms. The molecule has 2 aliphatic rings. The fourth-order valence-electron chi connectivity index (χ4n) is 2.79. The van der Waals surface area contributed by atoms with Gasteiger partial charge in [-0.25, -0.2) is 4.79 Å². The molecule has 2 aliphatic heterocycles. The molecule has 0 aromatic heterocycles. The van der Waals surface area contributed by atoms with E-state index in [-0.39, 0.29) is 49.1 Å². The summed E-state index contributed by atoms with van der Waals surface area (Å²) in [5, 5.41) is 0. The predicted octanol–water partition coefficient (Wildman–Crippen LogP) is 2.36. The van der Waals surface area contributed by atoms with E-state index in [1.807, 2.05) is 13.0 Å². The Balaban J connectivity index is 0.00000161. The summed E-state index contributed by atoms with van der Waals surface area (Å²) < 4.78 is 16.9. The van der Waals surface area contributed by atoms with Crippen molar-refractivity contribution in [2.24, 2.45) is 5.92 Å². The molecule has 1 aromatic rings. The van der Waals surface area contributed by atoms with E-state index in [4.69, 9.17) is 14.2 Å². The van der Waals surface area contributed by atoms with Crippen molar-refractivity contribution in [3.05, 3.63) is 55.2 Å². The molecule has 5 heteroatoms. The fourth-order valence-corrected chi connectivity index (χ4v) is 2.79. The molecule has 2 fully saturated rings. The largest absolute Gasteiger partial charge is 0.540 e. The molecule has 3 rings (SSSR count). The number of carbonyl (C=O) groups is 1. The number of benzene rings is 1. The molecule has 0 aliphatic carbocycles. The average Bonchev–Trinajstić information content (AvgIpc) is 2.99. The van der Waals surface area contributed by atoms with Gasteiger partial charge in [-0.05, 0) is 30.2 Å². The van der Waals surface area contributed by atoms with Gasteiger partial charge in [-0.15, -0.1) is 0 Å². The molecule has 0 N–H and O–H groups in total. The van der Waals surface area contributed by atoms with Crippen molar-refractivity contribution >= 4 is 5.97 Å². The molecule has 0 radical (unpaired) electrons. The van der Waals surface area contributed by atoms with Gasteiger partial charge in [-0.3, -0.25) is 0 Å². The van der Waals surface area contributed by atoms with Gasteiger partial charge in [0.05, 0.1) is 12.2 Å². The summed E-state index contributed by atoms with van der Waals surface area (Å²) in [7, 11) is 0. The number of esters is 1. The second-order valence-electron chi connectivity index (χ2n) is 5.20. The summed E-state index contributed by atoms with van der Waals surface area (Å²) in [5.41, 5.74) is -0.127. The monoisotopic (exact) mass is 511 g/mol. The van der Waals surface area contributed by atoms with E-state index in [1.165, 1.54) is 0 Å².